The van der Waals surface area contributed by atoms with E-state index in [1.165, 1.54) is 18.9 Å². The van der Waals surface area contributed by atoms with E-state index >= 15 is 0 Å². The van der Waals surface area contributed by atoms with E-state index in [1.807, 2.05) is 25.1 Å². The standard InChI is InChI=1S/C26H27N3O5S/c1-5-34-21-9-7-6-8-19(21)24-20(14-27)25(28-16(2)23(24)26(31)33-4)35-15-22(30)29-17-10-12-18(32-3)13-11-17/h6-13,24,28H,5,15H2,1-4H3,(H,29,30)/t24-/m1/s1. The van der Waals surface area contributed by atoms with Crippen molar-refractivity contribution in [1.82, 2.24) is 5.32 Å². The number of benzene rings is 2. The minimum Gasteiger partial charge on any atom is -0.497 e. The number of nitrogens with zero attached hydrogens (tertiary/aromatic N) is 1. The van der Waals surface area contributed by atoms with Crippen LogP contribution in [-0.2, 0) is 14.3 Å². The number of allylic oxidation sites excluding steroid dienone is 2. The third-order valence-electron chi connectivity index (χ3n) is 5.30. The van der Waals surface area contributed by atoms with Gasteiger partial charge in [0.05, 0.1) is 54.7 Å². The molecule has 1 aliphatic heterocycles. The van der Waals surface area contributed by atoms with Crippen molar-refractivity contribution < 1.29 is 23.8 Å². The van der Waals surface area contributed by atoms with Crippen LogP contribution in [0.2, 0.25) is 0 Å². The molecule has 0 unspecified atom stereocenters. The average Bonchev–Trinajstić information content (AvgIpc) is 2.87. The lowest BCUT2D eigenvalue weighted by molar-refractivity contribution is -0.136. The fourth-order valence-electron chi connectivity index (χ4n) is 3.73. The van der Waals surface area contributed by atoms with Gasteiger partial charge >= 0.3 is 5.97 Å². The highest BCUT2D eigenvalue weighted by molar-refractivity contribution is 8.03. The van der Waals surface area contributed by atoms with Crippen LogP contribution < -0.4 is 20.1 Å². The third-order valence-corrected chi connectivity index (χ3v) is 6.32. The van der Waals surface area contributed by atoms with E-state index in [-0.39, 0.29) is 11.7 Å². The second kappa shape index (κ2) is 12.0. The van der Waals surface area contributed by atoms with Crippen LogP contribution in [0.3, 0.4) is 0 Å². The Hall–Kier alpha value is -3.90. The normalized spacial score (nSPS) is 15.1. The first kappa shape index (κ1) is 25.7. The number of dihydropyridines is 1. The van der Waals surface area contributed by atoms with E-state index < -0.39 is 11.9 Å². The number of amides is 1. The molecular weight excluding hydrogens is 466 g/mol. The number of methoxy groups -OCH3 is 2. The van der Waals surface area contributed by atoms with Gasteiger partial charge in [-0.25, -0.2) is 4.79 Å². The van der Waals surface area contributed by atoms with Gasteiger partial charge in [-0.1, -0.05) is 30.0 Å². The molecule has 1 atom stereocenters. The number of para-hydroxylation sites is 1. The average molecular weight is 494 g/mol. The maximum absolute atomic E-state index is 12.7. The Kier molecular flexibility index (Phi) is 8.81. The number of anilines is 1. The molecule has 0 aliphatic carbocycles. The number of nitriles is 1. The first-order valence-corrected chi connectivity index (χ1v) is 11.9. The summed E-state index contributed by atoms with van der Waals surface area (Å²) < 4.78 is 16.0. The van der Waals surface area contributed by atoms with E-state index in [2.05, 4.69) is 16.7 Å². The second-order valence-corrected chi connectivity index (χ2v) is 8.46. The molecule has 0 aromatic heterocycles. The highest BCUT2D eigenvalue weighted by Crippen LogP contribution is 2.43. The molecule has 2 N–H and O–H groups in total. The maximum Gasteiger partial charge on any atom is 0.336 e. The molecule has 1 amide bonds. The molecule has 3 rings (SSSR count). The molecule has 0 spiro atoms. The molecule has 0 bridgehead atoms. The van der Waals surface area contributed by atoms with Crippen molar-refractivity contribution in [2.45, 2.75) is 19.8 Å². The number of rotatable bonds is 9. The quantitative estimate of drug-likeness (QED) is 0.497. The van der Waals surface area contributed by atoms with Gasteiger partial charge in [0, 0.05) is 16.9 Å². The Bertz CT molecular complexity index is 1200. The lowest BCUT2D eigenvalue weighted by Gasteiger charge is -2.30. The summed E-state index contributed by atoms with van der Waals surface area (Å²) in [6.45, 7) is 4.04. The molecule has 2 aromatic rings. The minimum atomic E-state index is -0.705. The smallest absolute Gasteiger partial charge is 0.336 e. The summed E-state index contributed by atoms with van der Waals surface area (Å²) in [6.07, 6.45) is 0. The van der Waals surface area contributed by atoms with Gasteiger partial charge in [-0.2, -0.15) is 5.26 Å². The van der Waals surface area contributed by atoms with Crippen LogP contribution in [0.5, 0.6) is 11.5 Å². The summed E-state index contributed by atoms with van der Waals surface area (Å²) >= 11 is 1.19. The predicted molar refractivity (Wildman–Crippen MR) is 135 cm³/mol. The van der Waals surface area contributed by atoms with Gasteiger partial charge in [-0.05, 0) is 44.2 Å². The first-order chi connectivity index (χ1) is 16.9. The number of ether oxygens (including phenoxy) is 3. The predicted octanol–water partition coefficient (Wildman–Crippen LogP) is 4.33. The Morgan fingerprint density at radius 3 is 2.49 bits per heavy atom. The van der Waals surface area contributed by atoms with Crippen molar-refractivity contribution in [3.63, 3.8) is 0 Å². The highest BCUT2D eigenvalue weighted by Gasteiger charge is 2.36. The van der Waals surface area contributed by atoms with Gasteiger partial charge in [0.25, 0.3) is 0 Å². The van der Waals surface area contributed by atoms with Crippen molar-refractivity contribution in [2.75, 3.05) is 31.9 Å². The second-order valence-electron chi connectivity index (χ2n) is 7.48. The number of thioether (sulfide) groups is 1. The van der Waals surface area contributed by atoms with Crippen LogP contribution in [0.25, 0.3) is 0 Å². The van der Waals surface area contributed by atoms with Crippen molar-refractivity contribution in [2.24, 2.45) is 0 Å². The molecular formula is C26H27N3O5S. The van der Waals surface area contributed by atoms with E-state index in [0.717, 1.165) is 0 Å². The summed E-state index contributed by atoms with van der Waals surface area (Å²) in [7, 11) is 2.88. The van der Waals surface area contributed by atoms with Crippen molar-refractivity contribution in [1.29, 1.82) is 5.26 Å². The fraction of sp³-hybridized carbons (Fsp3) is 0.269. The summed E-state index contributed by atoms with van der Waals surface area (Å²) in [5.74, 6) is -0.164. The topological polar surface area (TPSA) is 110 Å². The van der Waals surface area contributed by atoms with Gasteiger partial charge in [-0.15, -0.1) is 0 Å². The van der Waals surface area contributed by atoms with E-state index in [1.54, 1.807) is 44.4 Å². The Balaban J connectivity index is 1.91. The molecule has 1 heterocycles. The largest absolute Gasteiger partial charge is 0.497 e. The molecule has 0 saturated heterocycles. The van der Waals surface area contributed by atoms with E-state index in [9.17, 15) is 14.9 Å². The third kappa shape index (κ3) is 5.97. The summed E-state index contributed by atoms with van der Waals surface area (Å²) in [6, 6.07) is 16.5. The zero-order valence-corrected chi connectivity index (χ0v) is 20.8. The molecule has 182 valence electrons. The molecule has 0 radical (unpaired) electrons. The zero-order valence-electron chi connectivity index (χ0n) is 20.0. The molecule has 8 nitrogen and oxygen atoms in total. The molecule has 2 aromatic carbocycles. The van der Waals surface area contributed by atoms with Crippen LogP contribution in [0.4, 0.5) is 5.69 Å². The van der Waals surface area contributed by atoms with Crippen LogP contribution in [0.15, 0.2) is 70.4 Å². The van der Waals surface area contributed by atoms with Gasteiger partial charge in [0.2, 0.25) is 5.91 Å². The lowest BCUT2D eigenvalue weighted by Crippen LogP contribution is -2.29. The SMILES string of the molecule is CCOc1ccccc1[C@@H]1C(C#N)=C(SCC(=O)Nc2ccc(OC)cc2)NC(C)=C1C(=O)OC. The fourth-order valence-corrected chi connectivity index (χ4v) is 4.62. The first-order valence-electron chi connectivity index (χ1n) is 10.9. The number of hydrogen-bond acceptors (Lipinski definition) is 8. The van der Waals surface area contributed by atoms with Crippen LogP contribution >= 0.6 is 11.8 Å². The Morgan fingerprint density at radius 2 is 1.86 bits per heavy atom. The van der Waals surface area contributed by atoms with E-state index in [4.69, 9.17) is 14.2 Å². The van der Waals surface area contributed by atoms with Gasteiger partial charge < -0.3 is 24.8 Å². The number of nitrogens with one attached hydrogen (secondary N) is 2. The molecule has 0 saturated carbocycles. The summed E-state index contributed by atoms with van der Waals surface area (Å²) in [5, 5.41) is 16.6. The molecule has 1 aliphatic rings. The maximum atomic E-state index is 12.7. The number of hydrogen-bond donors (Lipinski definition) is 2. The van der Waals surface area contributed by atoms with Gasteiger partial charge in [0.15, 0.2) is 0 Å². The van der Waals surface area contributed by atoms with Crippen molar-refractivity contribution in [3.05, 3.63) is 76.0 Å². The number of esters is 1. The van der Waals surface area contributed by atoms with Crippen LogP contribution in [-0.4, -0.2) is 38.5 Å². The zero-order chi connectivity index (χ0) is 25.4. The minimum absolute atomic E-state index is 0.0558. The Morgan fingerprint density at radius 1 is 1.14 bits per heavy atom. The summed E-state index contributed by atoms with van der Waals surface area (Å²) in [4.78, 5) is 25.3. The highest BCUT2D eigenvalue weighted by atomic mass is 32.2. The van der Waals surface area contributed by atoms with Crippen molar-refractivity contribution in [3.8, 4) is 17.6 Å². The monoisotopic (exact) mass is 493 g/mol. The number of carbonyl (C=O) groups is 2. The van der Waals surface area contributed by atoms with Gasteiger partial charge in [-0.3, -0.25) is 4.79 Å². The van der Waals surface area contributed by atoms with Crippen LogP contribution in [0, 0.1) is 11.3 Å². The molecule has 35 heavy (non-hydrogen) atoms. The molecule has 0 fully saturated rings. The molecule has 9 heteroatoms. The summed E-state index contributed by atoms with van der Waals surface area (Å²) in [5.41, 5.74) is 2.49. The Labute approximate surface area is 208 Å². The van der Waals surface area contributed by atoms with Crippen LogP contribution in [0.1, 0.15) is 25.3 Å². The number of carbonyl (C=O) groups excluding carboxylic acids is 2. The lowest BCUT2D eigenvalue weighted by atomic mass is 9.82. The van der Waals surface area contributed by atoms with Gasteiger partial charge in [0.1, 0.15) is 11.5 Å². The van der Waals surface area contributed by atoms with Crippen molar-refractivity contribution >= 4 is 29.3 Å². The van der Waals surface area contributed by atoms with E-state index in [0.29, 0.717) is 51.2 Å².